The predicted molar refractivity (Wildman–Crippen MR) is 146 cm³/mol. The smallest absolute Gasteiger partial charge is 0.310 e. The van der Waals surface area contributed by atoms with Gasteiger partial charge in [0.25, 0.3) is 0 Å². The van der Waals surface area contributed by atoms with Gasteiger partial charge < -0.3 is 25.7 Å². The minimum Gasteiger partial charge on any atom is -0.457 e. The van der Waals surface area contributed by atoms with Crippen LogP contribution in [-0.4, -0.2) is 58.4 Å². The van der Waals surface area contributed by atoms with Crippen LogP contribution in [0.2, 0.25) is 0 Å². The summed E-state index contributed by atoms with van der Waals surface area (Å²) in [5.41, 5.74) is 2.27. The van der Waals surface area contributed by atoms with Gasteiger partial charge in [-0.25, -0.2) is 0 Å². The molecule has 4 rings (SSSR count). The summed E-state index contributed by atoms with van der Waals surface area (Å²) in [4.78, 5) is 55.8. The minimum absolute atomic E-state index is 0.0122. The maximum absolute atomic E-state index is 13.3. The number of para-hydroxylation sites is 1. The second-order valence-electron chi connectivity index (χ2n) is 9.43. The molecular weight excluding hydrogens is 512 g/mol. The molecule has 1 aromatic carbocycles. The lowest BCUT2D eigenvalue weighted by Crippen LogP contribution is -2.56. The quantitative estimate of drug-likeness (QED) is 0.247. The van der Waals surface area contributed by atoms with Gasteiger partial charge in [0.15, 0.2) is 0 Å². The van der Waals surface area contributed by atoms with Gasteiger partial charge in [0, 0.05) is 28.1 Å². The molecule has 9 nitrogen and oxygen atoms in total. The average Bonchev–Trinajstić information content (AvgIpc) is 3.19. The molecule has 0 aliphatic carbocycles. The second kappa shape index (κ2) is 12.6. The third kappa shape index (κ3) is 7.10. The Balaban J connectivity index is 1.74. The van der Waals surface area contributed by atoms with Gasteiger partial charge in [-0.2, -0.15) is 0 Å². The number of nitrogens with one attached hydrogen (secondary N) is 4. The molecule has 3 atom stereocenters. The number of hydrogen-bond acceptors (Lipinski definition) is 7. The first-order valence-electron chi connectivity index (χ1n) is 12.4. The van der Waals surface area contributed by atoms with Crippen molar-refractivity contribution in [3.8, 4) is 0 Å². The zero-order valence-electron chi connectivity index (χ0n) is 20.9. The Morgan fingerprint density at radius 1 is 1.03 bits per heavy atom. The maximum Gasteiger partial charge on any atom is 0.310 e. The van der Waals surface area contributed by atoms with E-state index in [1.807, 2.05) is 44.2 Å². The fraction of sp³-hybridized carbons (Fsp3) is 0.462. The summed E-state index contributed by atoms with van der Waals surface area (Å²) in [6, 6.07) is 5.97. The molecule has 0 saturated heterocycles. The van der Waals surface area contributed by atoms with Crippen molar-refractivity contribution >= 4 is 56.2 Å². The molecule has 0 fully saturated rings. The number of ether oxygens (including phenoxy) is 1. The van der Waals surface area contributed by atoms with Crippen molar-refractivity contribution in [2.45, 2.75) is 57.8 Å². The highest BCUT2D eigenvalue weighted by Gasteiger charge is 2.30. The van der Waals surface area contributed by atoms with E-state index in [-0.39, 0.29) is 31.2 Å². The van der Waals surface area contributed by atoms with E-state index in [0.29, 0.717) is 17.9 Å². The molecule has 2 aromatic rings. The van der Waals surface area contributed by atoms with Crippen molar-refractivity contribution in [3.05, 3.63) is 47.7 Å². The van der Waals surface area contributed by atoms with Crippen LogP contribution in [0, 0.1) is 5.92 Å². The molecule has 3 amide bonds. The Kier molecular flexibility index (Phi) is 9.20. The number of esters is 1. The fourth-order valence-corrected chi connectivity index (χ4v) is 6.50. The molecule has 198 valence electrons. The lowest BCUT2D eigenvalue weighted by molar-refractivity contribution is -0.147. The largest absolute Gasteiger partial charge is 0.457 e. The fourth-order valence-electron chi connectivity index (χ4n) is 4.34. The summed E-state index contributed by atoms with van der Waals surface area (Å²) in [5, 5.41) is 9.41. The lowest BCUT2D eigenvalue weighted by Gasteiger charge is -2.26. The van der Waals surface area contributed by atoms with E-state index >= 15 is 0 Å². The molecule has 11 heteroatoms. The number of benzene rings is 1. The minimum atomic E-state index is -0.834. The zero-order valence-corrected chi connectivity index (χ0v) is 22.5. The number of carbonyl (C=O) groups is 4. The monoisotopic (exact) mass is 544 g/mol. The molecule has 37 heavy (non-hydrogen) atoms. The molecule has 4 N–H and O–H groups in total. The first kappa shape index (κ1) is 27.1. The number of carbonyl (C=O) groups excluding carboxylic acids is 4. The van der Waals surface area contributed by atoms with Crippen LogP contribution < -0.4 is 16.0 Å². The highest BCUT2D eigenvalue weighted by Crippen LogP contribution is 2.26. The van der Waals surface area contributed by atoms with E-state index in [0.717, 1.165) is 22.2 Å². The Bertz CT molecular complexity index is 1190. The van der Waals surface area contributed by atoms with Crippen molar-refractivity contribution in [2.75, 3.05) is 11.5 Å². The molecule has 2 bridgehead atoms. The number of H-pyrrole nitrogens is 1. The van der Waals surface area contributed by atoms with Gasteiger partial charge in [-0.15, -0.1) is 0 Å². The molecule has 0 spiro atoms. The maximum atomic E-state index is 13.3. The van der Waals surface area contributed by atoms with Crippen LogP contribution in [-0.2, 0) is 36.9 Å². The first-order chi connectivity index (χ1) is 17.8. The Hall–Kier alpha value is -2.92. The summed E-state index contributed by atoms with van der Waals surface area (Å²) in [6.07, 6.45) is 3.47. The zero-order chi connectivity index (χ0) is 26.4. The summed E-state index contributed by atoms with van der Waals surface area (Å²) >= 11 is 0. The third-order valence-electron chi connectivity index (χ3n) is 6.27. The van der Waals surface area contributed by atoms with Gasteiger partial charge >= 0.3 is 5.97 Å². The first-order valence-corrected chi connectivity index (χ1v) is 14.9. The SMILES string of the molecule is CC(C)[C@H]1NC(=O)C[C@H]2/C=C/CCSSC[C@@H](NC1=O)C(=O)NCc1[nH]c3ccccc3c1CC(=O)O2. The van der Waals surface area contributed by atoms with Crippen LogP contribution in [0.4, 0.5) is 0 Å². The van der Waals surface area contributed by atoms with Crippen molar-refractivity contribution in [1.82, 2.24) is 20.9 Å². The number of fused-ring (bicyclic) bond motifs is 10. The van der Waals surface area contributed by atoms with Crippen LogP contribution in [0.5, 0.6) is 0 Å². The van der Waals surface area contributed by atoms with Crippen molar-refractivity contribution < 1.29 is 23.9 Å². The summed E-state index contributed by atoms with van der Waals surface area (Å²) in [7, 11) is 3.10. The predicted octanol–water partition coefficient (Wildman–Crippen LogP) is 2.61. The van der Waals surface area contributed by atoms with E-state index < -0.39 is 36.0 Å². The topological polar surface area (TPSA) is 129 Å². The van der Waals surface area contributed by atoms with Crippen molar-refractivity contribution in [1.29, 1.82) is 0 Å². The summed E-state index contributed by atoms with van der Waals surface area (Å²) in [5.74, 6) is -0.719. The Morgan fingerprint density at radius 3 is 2.65 bits per heavy atom. The van der Waals surface area contributed by atoms with Crippen LogP contribution in [0.25, 0.3) is 10.9 Å². The van der Waals surface area contributed by atoms with Crippen LogP contribution in [0.15, 0.2) is 36.4 Å². The molecule has 2 aliphatic rings. The number of allylic oxidation sites excluding steroid dienone is 1. The normalized spacial score (nSPS) is 25.4. The van der Waals surface area contributed by atoms with Crippen LogP contribution in [0.1, 0.15) is 37.9 Å². The second-order valence-corrected chi connectivity index (χ2v) is 12.1. The molecule has 0 unspecified atom stereocenters. The van der Waals surface area contributed by atoms with Gasteiger partial charge in [-0.1, -0.05) is 59.7 Å². The van der Waals surface area contributed by atoms with Gasteiger partial charge in [0.1, 0.15) is 18.2 Å². The standard InChI is InChI=1S/C26H32N4O5S2/c1-15(2)24-26(34)29-21-14-37-36-10-6-5-7-16(11-22(31)30-24)35-23(32)12-18-17-8-3-4-9-19(17)28-20(18)13-27-25(21)33/h3-5,7-9,15-16,21,24,28H,6,10-14H2,1-2H3,(H,27,33)(H,29,34)(H,30,31)/b7-5+/t16-,21-,24-/m1/s1. The van der Waals surface area contributed by atoms with Gasteiger partial charge in [-0.05, 0) is 30.0 Å². The van der Waals surface area contributed by atoms with Crippen molar-refractivity contribution in [2.24, 2.45) is 5.92 Å². The number of rotatable bonds is 1. The third-order valence-corrected chi connectivity index (χ3v) is 8.71. The van der Waals surface area contributed by atoms with E-state index in [1.165, 1.54) is 10.8 Å². The van der Waals surface area contributed by atoms with E-state index in [9.17, 15) is 19.2 Å². The highest BCUT2D eigenvalue weighted by atomic mass is 33.1. The summed E-state index contributed by atoms with van der Waals surface area (Å²) < 4.78 is 5.75. The molecular formula is C26H32N4O5S2. The Labute approximate surface area is 223 Å². The van der Waals surface area contributed by atoms with Gasteiger partial charge in [0.05, 0.1) is 19.4 Å². The van der Waals surface area contributed by atoms with E-state index in [1.54, 1.807) is 16.9 Å². The molecule has 2 aliphatic heterocycles. The van der Waals surface area contributed by atoms with E-state index in [4.69, 9.17) is 4.74 Å². The van der Waals surface area contributed by atoms with Crippen LogP contribution >= 0.6 is 21.6 Å². The lowest BCUT2D eigenvalue weighted by atomic mass is 10.0. The number of amides is 3. The van der Waals surface area contributed by atoms with E-state index in [2.05, 4.69) is 20.9 Å². The Morgan fingerprint density at radius 2 is 1.84 bits per heavy atom. The average molecular weight is 545 g/mol. The van der Waals surface area contributed by atoms with Crippen molar-refractivity contribution in [3.63, 3.8) is 0 Å². The van der Waals surface area contributed by atoms with Crippen LogP contribution in [0.3, 0.4) is 0 Å². The molecule has 1 aromatic heterocycles. The van der Waals surface area contributed by atoms with Gasteiger partial charge in [-0.3, -0.25) is 19.2 Å². The molecule has 0 saturated carbocycles. The van der Waals surface area contributed by atoms with Gasteiger partial charge in [0.2, 0.25) is 17.7 Å². The summed E-state index contributed by atoms with van der Waals surface area (Å²) in [6.45, 7) is 3.81. The number of hydrogen-bond donors (Lipinski definition) is 4. The number of aromatic nitrogens is 1. The highest BCUT2D eigenvalue weighted by molar-refractivity contribution is 8.76. The number of aromatic amines is 1. The molecule has 0 radical (unpaired) electrons. The molecule has 3 heterocycles.